The molecule has 1 aromatic carbocycles. The summed E-state index contributed by atoms with van der Waals surface area (Å²) in [5.41, 5.74) is -0.103. The molecule has 1 amide bonds. The summed E-state index contributed by atoms with van der Waals surface area (Å²) in [4.78, 5) is 24.1. The highest BCUT2D eigenvalue weighted by Crippen LogP contribution is 2.23. The molecule has 1 aromatic heterocycles. The lowest BCUT2D eigenvalue weighted by Crippen LogP contribution is -2.29. The molecule has 0 aliphatic rings. The van der Waals surface area contributed by atoms with Gasteiger partial charge in [-0.25, -0.2) is 0 Å². The summed E-state index contributed by atoms with van der Waals surface area (Å²) in [6.45, 7) is 7.33. The number of nitrogens with one attached hydrogen (secondary N) is 1. The number of carbonyl (C=O) groups excluding carboxylic acids is 1. The minimum Gasteiger partial charge on any atom is -0.483 e. The third-order valence-corrected chi connectivity index (χ3v) is 3.46. The minimum atomic E-state index is -0.239. The van der Waals surface area contributed by atoms with E-state index in [0.717, 1.165) is 0 Å². The maximum atomic E-state index is 12.5. The summed E-state index contributed by atoms with van der Waals surface area (Å²) < 4.78 is 12.5. The molecule has 0 atom stereocenters. The number of benzene rings is 1. The summed E-state index contributed by atoms with van der Waals surface area (Å²) >= 11 is 0. The van der Waals surface area contributed by atoms with Crippen molar-refractivity contribution in [2.24, 2.45) is 0 Å². The van der Waals surface area contributed by atoms with E-state index in [2.05, 4.69) is 11.9 Å². The van der Waals surface area contributed by atoms with Crippen LogP contribution in [0.5, 0.6) is 5.75 Å². The van der Waals surface area contributed by atoms with Crippen LogP contribution in [0, 0.1) is 0 Å². The molecule has 0 unspecified atom stereocenters. The van der Waals surface area contributed by atoms with Crippen LogP contribution < -0.4 is 15.6 Å². The van der Waals surface area contributed by atoms with Gasteiger partial charge in [-0.15, -0.1) is 6.58 Å². The van der Waals surface area contributed by atoms with Crippen LogP contribution in [0.25, 0.3) is 10.8 Å². The molecule has 0 bridgehead atoms. The van der Waals surface area contributed by atoms with E-state index in [4.69, 9.17) is 9.47 Å². The zero-order valence-electron chi connectivity index (χ0n) is 13.8. The van der Waals surface area contributed by atoms with E-state index in [1.165, 1.54) is 0 Å². The fourth-order valence-electron chi connectivity index (χ4n) is 2.28. The second kappa shape index (κ2) is 8.88. The topological polar surface area (TPSA) is 69.6 Å². The van der Waals surface area contributed by atoms with Gasteiger partial charge in [-0.3, -0.25) is 9.59 Å². The number of carbonyl (C=O) groups is 1. The fourth-order valence-corrected chi connectivity index (χ4v) is 2.28. The lowest BCUT2D eigenvalue weighted by molar-refractivity contribution is -0.122. The second-order valence-electron chi connectivity index (χ2n) is 5.11. The third kappa shape index (κ3) is 4.45. The number of pyridine rings is 1. The Morgan fingerprint density at radius 1 is 1.33 bits per heavy atom. The van der Waals surface area contributed by atoms with Crippen LogP contribution in [-0.4, -0.2) is 36.8 Å². The van der Waals surface area contributed by atoms with Crippen LogP contribution in [0.1, 0.15) is 6.92 Å². The molecule has 1 N–H and O–H groups in total. The second-order valence-corrected chi connectivity index (χ2v) is 5.11. The zero-order valence-corrected chi connectivity index (χ0v) is 13.8. The number of hydrogen-bond donors (Lipinski definition) is 1. The van der Waals surface area contributed by atoms with E-state index in [0.29, 0.717) is 42.8 Å². The predicted octanol–water partition coefficient (Wildman–Crippen LogP) is 1.72. The quantitative estimate of drug-likeness (QED) is 0.561. The molecule has 128 valence electrons. The first-order valence-electron chi connectivity index (χ1n) is 7.87. The van der Waals surface area contributed by atoms with Crippen molar-refractivity contribution in [3.63, 3.8) is 0 Å². The third-order valence-electron chi connectivity index (χ3n) is 3.46. The number of nitrogens with zero attached hydrogens (tertiary/aromatic N) is 1. The van der Waals surface area contributed by atoms with Crippen molar-refractivity contribution < 1.29 is 14.3 Å². The van der Waals surface area contributed by atoms with Crippen molar-refractivity contribution in [2.45, 2.75) is 13.5 Å². The Labute approximate surface area is 140 Å². The van der Waals surface area contributed by atoms with Crippen molar-refractivity contribution in [2.75, 3.05) is 26.4 Å². The normalized spacial score (nSPS) is 10.5. The molecule has 0 spiro atoms. The Morgan fingerprint density at radius 3 is 2.92 bits per heavy atom. The van der Waals surface area contributed by atoms with Gasteiger partial charge in [0.1, 0.15) is 5.75 Å². The number of fused-ring (bicyclic) bond motifs is 1. The van der Waals surface area contributed by atoms with Gasteiger partial charge in [0.25, 0.3) is 11.5 Å². The maximum Gasteiger partial charge on any atom is 0.258 e. The standard InChI is InChI=1S/C18H22N2O4/c1-3-9-19-17(21)13-24-16-7-5-6-15-14(16)8-10-20(18(15)22)11-12-23-4-2/h3,5-8,10H,1,4,9,11-13H2,2H3,(H,19,21). The van der Waals surface area contributed by atoms with Gasteiger partial charge in [0.2, 0.25) is 0 Å². The summed E-state index contributed by atoms with van der Waals surface area (Å²) in [7, 11) is 0. The molecule has 0 saturated carbocycles. The van der Waals surface area contributed by atoms with Crippen molar-refractivity contribution >= 4 is 16.7 Å². The largest absolute Gasteiger partial charge is 0.483 e. The van der Waals surface area contributed by atoms with E-state index in [9.17, 15) is 9.59 Å². The monoisotopic (exact) mass is 330 g/mol. The molecular weight excluding hydrogens is 308 g/mol. The summed E-state index contributed by atoms with van der Waals surface area (Å²) in [5, 5.41) is 3.88. The number of amides is 1. The van der Waals surface area contributed by atoms with E-state index in [1.807, 2.05) is 13.0 Å². The molecule has 0 aliphatic heterocycles. The molecular formula is C18H22N2O4. The highest BCUT2D eigenvalue weighted by Gasteiger charge is 2.09. The molecule has 2 rings (SSSR count). The SMILES string of the molecule is C=CCNC(=O)COc1cccc2c(=O)n(CCOCC)ccc12. The van der Waals surface area contributed by atoms with Gasteiger partial charge in [0.15, 0.2) is 6.61 Å². The van der Waals surface area contributed by atoms with Crippen molar-refractivity contribution in [1.82, 2.24) is 9.88 Å². The van der Waals surface area contributed by atoms with Crippen LogP contribution in [0.4, 0.5) is 0 Å². The van der Waals surface area contributed by atoms with Crippen molar-refractivity contribution in [3.05, 3.63) is 53.5 Å². The lowest BCUT2D eigenvalue weighted by atomic mass is 10.1. The molecule has 0 fully saturated rings. The van der Waals surface area contributed by atoms with Gasteiger partial charge in [0, 0.05) is 31.3 Å². The van der Waals surface area contributed by atoms with Gasteiger partial charge in [0.05, 0.1) is 12.0 Å². The minimum absolute atomic E-state index is 0.103. The van der Waals surface area contributed by atoms with Crippen LogP contribution in [0.3, 0.4) is 0 Å². The zero-order chi connectivity index (χ0) is 17.4. The van der Waals surface area contributed by atoms with Crippen LogP contribution in [-0.2, 0) is 16.1 Å². The highest BCUT2D eigenvalue weighted by molar-refractivity contribution is 5.88. The summed E-state index contributed by atoms with van der Waals surface area (Å²) in [6, 6.07) is 7.06. The van der Waals surface area contributed by atoms with E-state index in [-0.39, 0.29) is 18.1 Å². The predicted molar refractivity (Wildman–Crippen MR) is 93.4 cm³/mol. The Balaban J connectivity index is 2.17. The fraction of sp³-hybridized carbons (Fsp3) is 0.333. The van der Waals surface area contributed by atoms with Crippen LogP contribution in [0.15, 0.2) is 47.9 Å². The summed E-state index contributed by atoms with van der Waals surface area (Å²) in [5.74, 6) is 0.271. The lowest BCUT2D eigenvalue weighted by Gasteiger charge is -2.11. The number of rotatable bonds is 9. The highest BCUT2D eigenvalue weighted by atomic mass is 16.5. The average molecular weight is 330 g/mol. The Hall–Kier alpha value is -2.60. The van der Waals surface area contributed by atoms with Gasteiger partial charge >= 0.3 is 0 Å². The first-order valence-corrected chi connectivity index (χ1v) is 7.87. The first kappa shape index (κ1) is 17.7. The average Bonchev–Trinajstić information content (AvgIpc) is 2.60. The smallest absolute Gasteiger partial charge is 0.258 e. The van der Waals surface area contributed by atoms with E-state index in [1.54, 1.807) is 35.0 Å². The van der Waals surface area contributed by atoms with E-state index < -0.39 is 0 Å². The van der Waals surface area contributed by atoms with E-state index >= 15 is 0 Å². The Kier molecular flexibility index (Phi) is 6.57. The van der Waals surface area contributed by atoms with Crippen molar-refractivity contribution in [1.29, 1.82) is 0 Å². The van der Waals surface area contributed by atoms with Gasteiger partial charge in [-0.1, -0.05) is 12.1 Å². The van der Waals surface area contributed by atoms with Gasteiger partial charge < -0.3 is 19.4 Å². The summed E-state index contributed by atoms with van der Waals surface area (Å²) in [6.07, 6.45) is 3.31. The molecule has 24 heavy (non-hydrogen) atoms. The van der Waals surface area contributed by atoms with Gasteiger partial charge in [-0.2, -0.15) is 0 Å². The molecule has 0 radical (unpaired) electrons. The van der Waals surface area contributed by atoms with Gasteiger partial charge in [-0.05, 0) is 25.1 Å². The Morgan fingerprint density at radius 2 is 2.17 bits per heavy atom. The molecule has 1 heterocycles. The van der Waals surface area contributed by atoms with Crippen LogP contribution in [0.2, 0.25) is 0 Å². The molecule has 0 saturated heterocycles. The first-order chi connectivity index (χ1) is 11.7. The number of aromatic nitrogens is 1. The maximum absolute atomic E-state index is 12.5. The Bertz CT molecular complexity index is 767. The molecule has 6 nitrogen and oxygen atoms in total. The number of hydrogen-bond acceptors (Lipinski definition) is 4. The van der Waals surface area contributed by atoms with Crippen molar-refractivity contribution in [3.8, 4) is 5.75 Å². The number of ether oxygens (including phenoxy) is 2. The molecule has 6 heteroatoms. The molecule has 0 aliphatic carbocycles. The molecule has 2 aromatic rings. The van der Waals surface area contributed by atoms with Crippen LogP contribution >= 0.6 is 0 Å².